The van der Waals surface area contributed by atoms with Crippen molar-refractivity contribution in [3.8, 4) is 0 Å². The van der Waals surface area contributed by atoms with Crippen LogP contribution in [0.1, 0.15) is 24.4 Å². The Hall–Kier alpha value is -1.32. The molecular weight excluding hydrogens is 262 g/mol. The van der Waals surface area contributed by atoms with Crippen LogP contribution in [0.4, 0.5) is 0 Å². The summed E-state index contributed by atoms with van der Waals surface area (Å²) >= 11 is 5.88. The van der Waals surface area contributed by atoms with Crippen molar-refractivity contribution in [2.24, 2.45) is 5.92 Å². The molecule has 2 atom stereocenters. The predicted octanol–water partition coefficient (Wildman–Crippen LogP) is 2.80. The molecule has 1 aliphatic heterocycles. The van der Waals surface area contributed by atoms with Gasteiger partial charge in [-0.15, -0.1) is 6.58 Å². The van der Waals surface area contributed by atoms with Crippen LogP contribution in [0.5, 0.6) is 0 Å². The summed E-state index contributed by atoms with van der Waals surface area (Å²) in [5, 5.41) is 9.91. The minimum Gasteiger partial charge on any atom is -0.396 e. The largest absolute Gasteiger partial charge is 0.396 e. The van der Waals surface area contributed by atoms with Crippen molar-refractivity contribution < 1.29 is 9.90 Å². The summed E-state index contributed by atoms with van der Waals surface area (Å²) in [6.07, 6.45) is 2.88. The maximum Gasteiger partial charge on any atom is 0.223 e. The molecule has 19 heavy (non-hydrogen) atoms. The third kappa shape index (κ3) is 3.17. The quantitative estimate of drug-likeness (QED) is 0.842. The molecule has 102 valence electrons. The molecule has 2 rings (SSSR count). The van der Waals surface area contributed by atoms with Crippen molar-refractivity contribution in [2.45, 2.75) is 18.9 Å². The average molecular weight is 280 g/mol. The second-order valence-corrected chi connectivity index (χ2v) is 5.26. The van der Waals surface area contributed by atoms with Crippen molar-refractivity contribution >= 4 is 17.5 Å². The van der Waals surface area contributed by atoms with Crippen molar-refractivity contribution in [1.29, 1.82) is 0 Å². The first kappa shape index (κ1) is 14.1. The Labute approximate surface area is 118 Å². The number of benzene rings is 1. The first-order valence-electron chi connectivity index (χ1n) is 6.44. The maximum atomic E-state index is 12.1. The van der Waals surface area contributed by atoms with Gasteiger partial charge in [-0.1, -0.05) is 29.8 Å². The highest BCUT2D eigenvalue weighted by Crippen LogP contribution is 2.31. The standard InChI is InChI=1S/C15H18ClNO2/c1-2-11-9-15(19)17(10-11)14(7-8-18)12-3-5-13(16)6-4-12/h2-6,11,14,18H,1,7-10H2. The molecule has 1 fully saturated rings. The fourth-order valence-electron chi connectivity index (χ4n) is 2.53. The molecule has 0 aliphatic carbocycles. The van der Waals surface area contributed by atoms with Crippen LogP contribution in [-0.4, -0.2) is 29.1 Å². The highest BCUT2D eigenvalue weighted by Gasteiger charge is 2.33. The summed E-state index contributed by atoms with van der Waals surface area (Å²) in [7, 11) is 0. The van der Waals surface area contributed by atoms with E-state index in [0.29, 0.717) is 24.4 Å². The highest BCUT2D eigenvalue weighted by atomic mass is 35.5. The normalized spacial score (nSPS) is 20.6. The van der Waals surface area contributed by atoms with Gasteiger partial charge in [0.05, 0.1) is 6.04 Å². The molecule has 0 radical (unpaired) electrons. The van der Waals surface area contributed by atoms with E-state index in [9.17, 15) is 9.90 Å². The Morgan fingerprint density at radius 1 is 1.47 bits per heavy atom. The lowest BCUT2D eigenvalue weighted by atomic mass is 10.0. The van der Waals surface area contributed by atoms with Gasteiger partial charge >= 0.3 is 0 Å². The lowest BCUT2D eigenvalue weighted by Crippen LogP contribution is -2.31. The van der Waals surface area contributed by atoms with Gasteiger partial charge in [0, 0.05) is 30.5 Å². The van der Waals surface area contributed by atoms with E-state index in [-0.39, 0.29) is 24.5 Å². The number of nitrogens with zero attached hydrogens (tertiary/aromatic N) is 1. The molecule has 0 aromatic heterocycles. The van der Waals surface area contributed by atoms with Crippen LogP contribution >= 0.6 is 11.6 Å². The predicted molar refractivity (Wildman–Crippen MR) is 75.9 cm³/mol. The van der Waals surface area contributed by atoms with E-state index >= 15 is 0 Å². The van der Waals surface area contributed by atoms with Crippen LogP contribution in [0.15, 0.2) is 36.9 Å². The van der Waals surface area contributed by atoms with Crippen molar-refractivity contribution in [2.75, 3.05) is 13.2 Å². The Morgan fingerprint density at radius 2 is 2.16 bits per heavy atom. The number of amides is 1. The van der Waals surface area contributed by atoms with E-state index in [1.165, 1.54) is 0 Å². The van der Waals surface area contributed by atoms with Crippen LogP contribution < -0.4 is 0 Å². The van der Waals surface area contributed by atoms with E-state index < -0.39 is 0 Å². The van der Waals surface area contributed by atoms with E-state index in [0.717, 1.165) is 5.56 Å². The molecule has 1 aromatic rings. The Bertz CT molecular complexity index is 458. The zero-order valence-electron chi connectivity index (χ0n) is 10.8. The smallest absolute Gasteiger partial charge is 0.223 e. The highest BCUT2D eigenvalue weighted by molar-refractivity contribution is 6.30. The Balaban J connectivity index is 2.22. The fraction of sp³-hybridized carbons (Fsp3) is 0.400. The molecule has 1 saturated heterocycles. The first-order valence-corrected chi connectivity index (χ1v) is 6.82. The summed E-state index contributed by atoms with van der Waals surface area (Å²) < 4.78 is 0. The molecule has 2 unspecified atom stereocenters. The molecule has 1 aliphatic rings. The molecule has 1 N–H and O–H groups in total. The fourth-order valence-corrected chi connectivity index (χ4v) is 2.66. The van der Waals surface area contributed by atoms with Crippen LogP contribution in [0.25, 0.3) is 0 Å². The second kappa shape index (κ2) is 6.22. The van der Waals surface area contributed by atoms with E-state index in [1.807, 2.05) is 35.2 Å². The Morgan fingerprint density at radius 3 is 2.68 bits per heavy atom. The molecule has 0 bridgehead atoms. The number of likely N-dealkylation sites (tertiary alicyclic amines) is 1. The van der Waals surface area contributed by atoms with Crippen LogP contribution in [0.2, 0.25) is 5.02 Å². The van der Waals surface area contributed by atoms with E-state index in [4.69, 9.17) is 11.6 Å². The maximum absolute atomic E-state index is 12.1. The third-order valence-electron chi connectivity index (χ3n) is 3.56. The Kier molecular flexibility index (Phi) is 4.61. The van der Waals surface area contributed by atoms with Gasteiger partial charge in [0.15, 0.2) is 0 Å². The summed E-state index contributed by atoms with van der Waals surface area (Å²) in [5.41, 5.74) is 1.01. The molecule has 4 heteroatoms. The molecule has 0 spiro atoms. The van der Waals surface area contributed by atoms with Gasteiger partial charge in [0.25, 0.3) is 0 Å². The van der Waals surface area contributed by atoms with Crippen LogP contribution in [0.3, 0.4) is 0 Å². The number of aliphatic hydroxyl groups is 1. The number of carbonyl (C=O) groups is 1. The number of halogens is 1. The monoisotopic (exact) mass is 279 g/mol. The zero-order valence-corrected chi connectivity index (χ0v) is 11.5. The van der Waals surface area contributed by atoms with Gasteiger partial charge in [-0.2, -0.15) is 0 Å². The molecular formula is C15H18ClNO2. The molecule has 0 saturated carbocycles. The van der Waals surface area contributed by atoms with Crippen molar-refractivity contribution in [1.82, 2.24) is 4.90 Å². The summed E-state index contributed by atoms with van der Waals surface area (Å²) in [5.74, 6) is 0.333. The number of rotatable bonds is 5. The van der Waals surface area contributed by atoms with Crippen molar-refractivity contribution in [3.63, 3.8) is 0 Å². The third-order valence-corrected chi connectivity index (χ3v) is 3.81. The van der Waals surface area contributed by atoms with Crippen LogP contribution in [-0.2, 0) is 4.79 Å². The number of hydrogen-bond donors (Lipinski definition) is 1. The number of hydrogen-bond acceptors (Lipinski definition) is 2. The van der Waals surface area contributed by atoms with Gasteiger partial charge < -0.3 is 10.0 Å². The molecule has 1 amide bonds. The lowest BCUT2D eigenvalue weighted by molar-refractivity contribution is -0.130. The summed E-state index contributed by atoms with van der Waals surface area (Å²) in [4.78, 5) is 13.9. The zero-order chi connectivity index (χ0) is 13.8. The van der Waals surface area contributed by atoms with Gasteiger partial charge in [0.1, 0.15) is 0 Å². The minimum atomic E-state index is -0.0836. The minimum absolute atomic E-state index is 0.0514. The van der Waals surface area contributed by atoms with E-state index in [1.54, 1.807) is 0 Å². The van der Waals surface area contributed by atoms with Gasteiger partial charge in [-0.3, -0.25) is 4.79 Å². The summed E-state index contributed by atoms with van der Waals surface area (Å²) in [6.45, 7) is 4.48. The second-order valence-electron chi connectivity index (χ2n) is 4.83. The molecule has 3 nitrogen and oxygen atoms in total. The van der Waals surface area contributed by atoms with Gasteiger partial charge in [-0.05, 0) is 24.1 Å². The summed E-state index contributed by atoms with van der Waals surface area (Å²) in [6, 6.07) is 7.37. The topological polar surface area (TPSA) is 40.5 Å². The first-order chi connectivity index (χ1) is 9.15. The number of carbonyl (C=O) groups excluding carboxylic acids is 1. The number of aliphatic hydroxyl groups excluding tert-OH is 1. The lowest BCUT2D eigenvalue weighted by Gasteiger charge is -2.28. The van der Waals surface area contributed by atoms with Gasteiger partial charge in [-0.25, -0.2) is 0 Å². The molecule has 1 heterocycles. The van der Waals surface area contributed by atoms with E-state index in [2.05, 4.69) is 6.58 Å². The van der Waals surface area contributed by atoms with Gasteiger partial charge in [0.2, 0.25) is 5.91 Å². The van der Waals surface area contributed by atoms with Crippen molar-refractivity contribution in [3.05, 3.63) is 47.5 Å². The SMILES string of the molecule is C=CC1CC(=O)N(C(CCO)c2ccc(Cl)cc2)C1. The van der Waals surface area contributed by atoms with Crippen LogP contribution in [0, 0.1) is 5.92 Å². The average Bonchev–Trinajstić information content (AvgIpc) is 2.78. The molecule has 1 aromatic carbocycles.